The van der Waals surface area contributed by atoms with Gasteiger partial charge in [-0.15, -0.1) is 0 Å². The number of carboxylic acids is 1. The minimum atomic E-state index is -0.926. The lowest BCUT2D eigenvalue weighted by molar-refractivity contribution is 0.0689. The molecule has 0 aliphatic heterocycles. The van der Waals surface area contributed by atoms with Gasteiger partial charge in [0.25, 0.3) is 0 Å². The molecule has 0 saturated heterocycles. The van der Waals surface area contributed by atoms with Crippen LogP contribution in [0.1, 0.15) is 39.1 Å². The molecule has 4 nitrogen and oxygen atoms in total. The second kappa shape index (κ2) is 3.22. The number of rotatable bonds is 2. The Balaban J connectivity index is 1.69. The molecule has 18 heavy (non-hydrogen) atoms. The smallest absolute Gasteiger partial charge is 0.356 e. The number of fused-ring (bicyclic) bond motifs is 3. The van der Waals surface area contributed by atoms with Crippen molar-refractivity contribution in [2.75, 3.05) is 0 Å². The van der Waals surface area contributed by atoms with Crippen molar-refractivity contribution in [1.82, 2.24) is 10.2 Å². The van der Waals surface area contributed by atoms with Crippen LogP contribution in [0.5, 0.6) is 0 Å². The zero-order chi connectivity index (χ0) is 12.3. The highest BCUT2D eigenvalue weighted by atomic mass is 16.4. The first-order valence-electron chi connectivity index (χ1n) is 6.12. The molecule has 0 spiro atoms. The van der Waals surface area contributed by atoms with Crippen LogP contribution in [0.15, 0.2) is 30.3 Å². The first kappa shape index (κ1) is 9.88. The third-order valence-corrected chi connectivity index (χ3v) is 4.23. The molecule has 2 N–H and O–H groups in total. The van der Waals surface area contributed by atoms with E-state index in [9.17, 15) is 4.79 Å². The first-order valence-corrected chi connectivity index (χ1v) is 6.12. The van der Waals surface area contributed by atoms with Gasteiger partial charge in [-0.05, 0) is 23.8 Å². The van der Waals surface area contributed by atoms with E-state index in [1.807, 2.05) is 6.07 Å². The summed E-state index contributed by atoms with van der Waals surface area (Å²) < 4.78 is 0. The van der Waals surface area contributed by atoms with Gasteiger partial charge < -0.3 is 5.11 Å². The zero-order valence-electron chi connectivity index (χ0n) is 9.63. The molecular weight excluding hydrogens is 228 g/mol. The molecular formula is C14H12N2O2. The van der Waals surface area contributed by atoms with Crippen LogP contribution in [-0.2, 0) is 6.42 Å². The van der Waals surface area contributed by atoms with Gasteiger partial charge >= 0.3 is 5.97 Å². The Bertz CT molecular complexity index is 632. The molecule has 1 aromatic heterocycles. The average molecular weight is 240 g/mol. The van der Waals surface area contributed by atoms with Gasteiger partial charge in [-0.1, -0.05) is 30.3 Å². The maximum Gasteiger partial charge on any atom is 0.356 e. The Morgan fingerprint density at radius 1 is 1.28 bits per heavy atom. The molecule has 1 heterocycles. The monoisotopic (exact) mass is 240 g/mol. The van der Waals surface area contributed by atoms with Gasteiger partial charge in [0.2, 0.25) is 0 Å². The van der Waals surface area contributed by atoms with Crippen molar-refractivity contribution in [3.8, 4) is 0 Å². The Morgan fingerprint density at radius 2 is 2.06 bits per heavy atom. The molecule has 90 valence electrons. The maximum absolute atomic E-state index is 11.0. The predicted octanol–water partition coefficient (Wildman–Crippen LogP) is 2.16. The van der Waals surface area contributed by atoms with E-state index in [2.05, 4.69) is 34.5 Å². The van der Waals surface area contributed by atoms with Gasteiger partial charge in [0, 0.05) is 17.2 Å². The van der Waals surface area contributed by atoms with Crippen LogP contribution in [0.3, 0.4) is 0 Å². The summed E-state index contributed by atoms with van der Waals surface area (Å²) in [4.78, 5) is 11.0. The number of aromatic carboxylic acids is 1. The fourth-order valence-electron chi connectivity index (χ4n) is 3.42. The van der Waals surface area contributed by atoms with Crippen molar-refractivity contribution in [2.45, 2.75) is 18.3 Å². The highest BCUT2D eigenvalue weighted by Gasteiger charge is 2.58. The lowest BCUT2D eigenvalue weighted by atomic mass is 10.0. The van der Waals surface area contributed by atoms with Crippen molar-refractivity contribution >= 4 is 5.97 Å². The van der Waals surface area contributed by atoms with Gasteiger partial charge in [-0.3, -0.25) is 5.10 Å². The topological polar surface area (TPSA) is 66.0 Å². The number of aromatic nitrogens is 2. The van der Waals surface area contributed by atoms with Crippen molar-refractivity contribution < 1.29 is 9.90 Å². The Kier molecular flexibility index (Phi) is 1.77. The van der Waals surface area contributed by atoms with Crippen LogP contribution < -0.4 is 0 Å². The lowest BCUT2D eigenvalue weighted by Gasteiger charge is -2.03. The summed E-state index contributed by atoms with van der Waals surface area (Å²) in [6.07, 6.45) is 0.845. The predicted molar refractivity (Wildman–Crippen MR) is 64.7 cm³/mol. The molecule has 0 radical (unpaired) electrons. The van der Waals surface area contributed by atoms with Crippen LogP contribution in [-0.4, -0.2) is 21.3 Å². The molecule has 2 unspecified atom stereocenters. The van der Waals surface area contributed by atoms with E-state index in [-0.39, 0.29) is 5.69 Å². The van der Waals surface area contributed by atoms with Crippen molar-refractivity contribution in [3.05, 3.63) is 52.8 Å². The van der Waals surface area contributed by atoms with E-state index in [1.54, 1.807) is 0 Å². The van der Waals surface area contributed by atoms with Gasteiger partial charge in [-0.2, -0.15) is 5.10 Å². The van der Waals surface area contributed by atoms with Crippen LogP contribution in [0.25, 0.3) is 0 Å². The highest BCUT2D eigenvalue weighted by molar-refractivity contribution is 5.88. The molecule has 1 aromatic carbocycles. The van der Waals surface area contributed by atoms with Crippen LogP contribution >= 0.6 is 0 Å². The summed E-state index contributed by atoms with van der Waals surface area (Å²) in [6.45, 7) is 0. The number of nitrogens with zero attached hydrogens (tertiary/aromatic N) is 1. The van der Waals surface area contributed by atoms with E-state index >= 15 is 0 Å². The SMILES string of the molecule is O=C(O)c1n[nH]c2c1CC1C2[C@@H]1c1ccccc1. The number of aromatic amines is 1. The van der Waals surface area contributed by atoms with Crippen LogP contribution in [0.4, 0.5) is 0 Å². The number of benzene rings is 1. The third-order valence-electron chi connectivity index (χ3n) is 4.23. The average Bonchev–Trinajstić information content (AvgIpc) is 2.75. The summed E-state index contributed by atoms with van der Waals surface area (Å²) >= 11 is 0. The molecule has 4 heteroatoms. The fourth-order valence-corrected chi connectivity index (χ4v) is 3.42. The second-order valence-corrected chi connectivity index (χ2v) is 5.10. The number of hydrogen-bond donors (Lipinski definition) is 2. The third kappa shape index (κ3) is 1.15. The molecule has 2 aliphatic rings. The molecule has 2 aromatic rings. The van der Waals surface area contributed by atoms with E-state index in [0.29, 0.717) is 17.8 Å². The molecule has 1 saturated carbocycles. The Morgan fingerprint density at radius 3 is 2.78 bits per heavy atom. The molecule has 1 fully saturated rings. The van der Waals surface area contributed by atoms with Crippen molar-refractivity contribution in [1.29, 1.82) is 0 Å². The molecule has 0 bridgehead atoms. The van der Waals surface area contributed by atoms with Gasteiger partial charge in [0.15, 0.2) is 5.69 Å². The van der Waals surface area contributed by atoms with E-state index in [0.717, 1.165) is 17.7 Å². The number of H-pyrrole nitrogens is 1. The van der Waals surface area contributed by atoms with E-state index in [4.69, 9.17) is 5.11 Å². The second-order valence-electron chi connectivity index (χ2n) is 5.10. The number of hydrogen-bond acceptors (Lipinski definition) is 2. The van der Waals surface area contributed by atoms with Crippen LogP contribution in [0.2, 0.25) is 0 Å². The Labute approximate surface area is 104 Å². The molecule has 3 atom stereocenters. The first-order chi connectivity index (χ1) is 8.77. The summed E-state index contributed by atoms with van der Waals surface area (Å²) in [5, 5.41) is 15.9. The minimum Gasteiger partial charge on any atom is -0.476 e. The summed E-state index contributed by atoms with van der Waals surface area (Å²) in [6, 6.07) is 10.4. The fraction of sp³-hybridized carbons (Fsp3) is 0.286. The zero-order valence-corrected chi connectivity index (χ0v) is 9.63. The minimum absolute atomic E-state index is 0.212. The van der Waals surface area contributed by atoms with Gasteiger partial charge in [0.1, 0.15) is 0 Å². The normalized spacial score (nSPS) is 27.7. The summed E-state index contributed by atoms with van der Waals surface area (Å²) in [5.74, 6) is 0.628. The maximum atomic E-state index is 11.0. The number of nitrogens with one attached hydrogen (secondary N) is 1. The lowest BCUT2D eigenvalue weighted by Crippen LogP contribution is -2.02. The highest BCUT2D eigenvalue weighted by Crippen LogP contribution is 2.66. The number of carbonyl (C=O) groups is 1. The van der Waals surface area contributed by atoms with Crippen molar-refractivity contribution in [3.63, 3.8) is 0 Å². The molecule has 2 aliphatic carbocycles. The van der Waals surface area contributed by atoms with Gasteiger partial charge in [0.05, 0.1) is 0 Å². The van der Waals surface area contributed by atoms with Crippen LogP contribution in [0, 0.1) is 5.92 Å². The van der Waals surface area contributed by atoms with Crippen molar-refractivity contribution in [2.24, 2.45) is 5.92 Å². The molecule has 0 amide bonds. The largest absolute Gasteiger partial charge is 0.476 e. The summed E-state index contributed by atoms with van der Waals surface area (Å²) in [7, 11) is 0. The number of carboxylic acid groups (broad SMARTS) is 1. The van der Waals surface area contributed by atoms with E-state index < -0.39 is 5.97 Å². The quantitative estimate of drug-likeness (QED) is 0.845. The Hall–Kier alpha value is -2.10. The van der Waals surface area contributed by atoms with E-state index in [1.165, 1.54) is 5.56 Å². The standard InChI is InChI=1S/C14H12N2O2/c17-14(18)13-9-6-8-10(7-4-2-1-3-5-7)11(8)12(9)15-16-13/h1-5,8,10-11H,6H2,(H,15,16)(H,17,18)/t8?,10-,11?/m1/s1. The molecule has 4 rings (SSSR count). The summed E-state index contributed by atoms with van der Waals surface area (Å²) in [5.41, 5.74) is 3.53. The van der Waals surface area contributed by atoms with Gasteiger partial charge in [-0.25, -0.2) is 4.79 Å².